The summed E-state index contributed by atoms with van der Waals surface area (Å²) in [7, 11) is 3.44. The van der Waals surface area contributed by atoms with Crippen molar-refractivity contribution >= 4 is 34.8 Å². The van der Waals surface area contributed by atoms with Crippen molar-refractivity contribution in [3.63, 3.8) is 0 Å². The largest absolute Gasteiger partial charge is 0.355 e. The summed E-state index contributed by atoms with van der Waals surface area (Å²) < 4.78 is 0. The molecule has 0 fully saturated rings. The standard InChI is InChI=1S/C19H19Cl2N3O/c1-13(19(25)23(2)3)24(12-15-6-4-5-7-17(15)20)16-9-8-14(11-22)18(21)10-16/h4-10,13H,12H2,1-3H3/t13-/m0/s1. The van der Waals surface area contributed by atoms with Crippen molar-refractivity contribution in [2.24, 2.45) is 0 Å². The van der Waals surface area contributed by atoms with Gasteiger partial charge in [0.2, 0.25) is 5.91 Å². The Morgan fingerprint density at radius 3 is 2.40 bits per heavy atom. The molecule has 1 atom stereocenters. The SMILES string of the molecule is C[C@@H](C(=O)N(C)C)N(Cc1ccccc1Cl)c1ccc(C#N)c(Cl)c1. The molecule has 1 amide bonds. The van der Waals surface area contributed by atoms with Gasteiger partial charge in [-0.25, -0.2) is 0 Å². The third-order valence-electron chi connectivity index (χ3n) is 3.97. The van der Waals surface area contributed by atoms with Gasteiger partial charge in [-0.2, -0.15) is 5.26 Å². The number of amides is 1. The van der Waals surface area contributed by atoms with Crippen LogP contribution in [0.3, 0.4) is 0 Å². The Bertz CT molecular complexity index is 815. The van der Waals surface area contributed by atoms with Gasteiger partial charge in [-0.05, 0) is 36.8 Å². The summed E-state index contributed by atoms with van der Waals surface area (Å²) in [4.78, 5) is 16.0. The Morgan fingerprint density at radius 1 is 1.16 bits per heavy atom. The first-order valence-electron chi connectivity index (χ1n) is 7.76. The second kappa shape index (κ2) is 8.24. The van der Waals surface area contributed by atoms with E-state index in [0.29, 0.717) is 22.2 Å². The molecule has 0 saturated heterocycles. The van der Waals surface area contributed by atoms with Crippen LogP contribution in [0.2, 0.25) is 10.0 Å². The van der Waals surface area contributed by atoms with Crippen LogP contribution in [0.25, 0.3) is 0 Å². The number of rotatable bonds is 5. The van der Waals surface area contributed by atoms with Crippen LogP contribution in [0, 0.1) is 11.3 Å². The lowest BCUT2D eigenvalue weighted by Gasteiger charge is -2.32. The highest BCUT2D eigenvalue weighted by Gasteiger charge is 2.24. The molecule has 0 radical (unpaired) electrons. The molecule has 0 saturated carbocycles. The molecule has 0 heterocycles. The predicted molar refractivity (Wildman–Crippen MR) is 102 cm³/mol. The fourth-order valence-corrected chi connectivity index (χ4v) is 2.95. The van der Waals surface area contributed by atoms with Crippen LogP contribution in [0.4, 0.5) is 5.69 Å². The normalized spacial score (nSPS) is 11.5. The van der Waals surface area contributed by atoms with Crippen molar-refractivity contribution in [2.45, 2.75) is 19.5 Å². The molecule has 2 aromatic rings. The van der Waals surface area contributed by atoms with Crippen molar-refractivity contribution in [3.8, 4) is 6.07 Å². The van der Waals surface area contributed by atoms with Crippen LogP contribution in [0.1, 0.15) is 18.1 Å². The van der Waals surface area contributed by atoms with Crippen molar-refractivity contribution in [3.05, 3.63) is 63.6 Å². The lowest BCUT2D eigenvalue weighted by atomic mass is 10.1. The Morgan fingerprint density at radius 2 is 1.84 bits per heavy atom. The van der Waals surface area contributed by atoms with Crippen LogP contribution < -0.4 is 4.90 Å². The number of nitrogens with zero attached hydrogens (tertiary/aromatic N) is 3. The van der Waals surface area contributed by atoms with Gasteiger partial charge in [0.05, 0.1) is 10.6 Å². The molecule has 130 valence electrons. The molecule has 0 N–H and O–H groups in total. The Labute approximate surface area is 158 Å². The average Bonchev–Trinajstić information content (AvgIpc) is 2.59. The summed E-state index contributed by atoms with van der Waals surface area (Å²) in [6, 6.07) is 14.3. The molecule has 0 spiro atoms. The number of nitriles is 1. The van der Waals surface area contributed by atoms with E-state index >= 15 is 0 Å². The van der Waals surface area contributed by atoms with E-state index in [-0.39, 0.29) is 5.91 Å². The van der Waals surface area contributed by atoms with E-state index in [1.165, 1.54) is 0 Å². The van der Waals surface area contributed by atoms with Crippen molar-refractivity contribution in [2.75, 3.05) is 19.0 Å². The number of benzene rings is 2. The number of anilines is 1. The second-order valence-corrected chi connectivity index (χ2v) is 6.72. The van der Waals surface area contributed by atoms with E-state index in [1.807, 2.05) is 42.2 Å². The van der Waals surface area contributed by atoms with Gasteiger partial charge in [0.1, 0.15) is 12.1 Å². The molecule has 4 nitrogen and oxygen atoms in total. The average molecular weight is 376 g/mol. The molecule has 0 aliphatic carbocycles. The quantitative estimate of drug-likeness (QED) is 0.780. The number of hydrogen-bond donors (Lipinski definition) is 0. The summed E-state index contributed by atoms with van der Waals surface area (Å²) in [6.45, 7) is 2.29. The number of halogens is 2. The maximum atomic E-state index is 12.5. The predicted octanol–water partition coefficient (Wildman–Crippen LogP) is 4.35. The lowest BCUT2D eigenvalue weighted by molar-refractivity contribution is -0.129. The Balaban J connectivity index is 2.45. The molecule has 0 aliphatic rings. The number of hydrogen-bond acceptors (Lipinski definition) is 3. The third kappa shape index (κ3) is 4.45. The minimum absolute atomic E-state index is 0.0347. The van der Waals surface area contributed by atoms with Crippen LogP contribution >= 0.6 is 23.2 Å². The number of carbonyl (C=O) groups excluding carboxylic acids is 1. The lowest BCUT2D eigenvalue weighted by Crippen LogP contribution is -2.44. The monoisotopic (exact) mass is 375 g/mol. The zero-order chi connectivity index (χ0) is 18.6. The van der Waals surface area contributed by atoms with E-state index in [2.05, 4.69) is 0 Å². The summed E-state index contributed by atoms with van der Waals surface area (Å²) in [5, 5.41) is 10.1. The Hall–Kier alpha value is -2.22. The minimum atomic E-state index is -0.421. The van der Waals surface area contributed by atoms with Crippen LogP contribution in [0.15, 0.2) is 42.5 Å². The molecule has 0 aliphatic heterocycles. The van der Waals surface area contributed by atoms with Crippen LogP contribution in [-0.2, 0) is 11.3 Å². The van der Waals surface area contributed by atoms with Gasteiger partial charge in [0, 0.05) is 31.4 Å². The fraction of sp³-hybridized carbons (Fsp3) is 0.263. The molecule has 6 heteroatoms. The van der Waals surface area contributed by atoms with E-state index in [4.69, 9.17) is 28.5 Å². The molecule has 0 bridgehead atoms. The summed E-state index contributed by atoms with van der Waals surface area (Å²) >= 11 is 12.5. The maximum Gasteiger partial charge on any atom is 0.244 e. The number of likely N-dealkylation sites (N-methyl/N-ethyl adjacent to an activating group) is 1. The van der Waals surface area contributed by atoms with Crippen LogP contribution in [-0.4, -0.2) is 30.9 Å². The van der Waals surface area contributed by atoms with Gasteiger partial charge >= 0.3 is 0 Å². The summed E-state index contributed by atoms with van der Waals surface area (Å²) in [5.41, 5.74) is 2.06. The zero-order valence-electron chi connectivity index (χ0n) is 14.3. The number of carbonyl (C=O) groups is 1. The van der Waals surface area contributed by atoms with Crippen molar-refractivity contribution in [1.29, 1.82) is 5.26 Å². The van der Waals surface area contributed by atoms with E-state index in [9.17, 15) is 4.79 Å². The smallest absolute Gasteiger partial charge is 0.244 e. The highest BCUT2D eigenvalue weighted by molar-refractivity contribution is 6.32. The molecular formula is C19H19Cl2N3O. The molecule has 0 unspecified atom stereocenters. The van der Waals surface area contributed by atoms with Crippen molar-refractivity contribution in [1.82, 2.24) is 4.90 Å². The molecule has 2 rings (SSSR count). The topological polar surface area (TPSA) is 47.3 Å². The first-order valence-corrected chi connectivity index (χ1v) is 8.51. The van der Waals surface area contributed by atoms with Crippen molar-refractivity contribution < 1.29 is 4.79 Å². The first kappa shape index (κ1) is 19.1. The molecule has 25 heavy (non-hydrogen) atoms. The Kier molecular flexibility index (Phi) is 6.30. The van der Waals surface area contributed by atoms with Gasteiger partial charge in [-0.3, -0.25) is 4.79 Å². The maximum absolute atomic E-state index is 12.5. The molecular weight excluding hydrogens is 357 g/mol. The third-order valence-corrected chi connectivity index (χ3v) is 4.65. The van der Waals surface area contributed by atoms with Gasteiger partial charge in [0.15, 0.2) is 0 Å². The van der Waals surface area contributed by atoms with E-state index in [1.54, 1.807) is 37.2 Å². The zero-order valence-corrected chi connectivity index (χ0v) is 15.8. The molecule has 2 aromatic carbocycles. The van der Waals surface area contributed by atoms with E-state index < -0.39 is 6.04 Å². The van der Waals surface area contributed by atoms with Gasteiger partial charge in [-0.1, -0.05) is 41.4 Å². The first-order chi connectivity index (χ1) is 11.8. The molecule has 0 aromatic heterocycles. The summed E-state index contributed by atoms with van der Waals surface area (Å²) in [5.74, 6) is -0.0347. The van der Waals surface area contributed by atoms with Crippen LogP contribution in [0.5, 0.6) is 0 Å². The van der Waals surface area contributed by atoms with Gasteiger partial charge in [0.25, 0.3) is 0 Å². The van der Waals surface area contributed by atoms with E-state index in [0.717, 1.165) is 11.3 Å². The second-order valence-electron chi connectivity index (χ2n) is 5.90. The van der Waals surface area contributed by atoms with Gasteiger partial charge < -0.3 is 9.80 Å². The minimum Gasteiger partial charge on any atom is -0.355 e. The fourth-order valence-electron chi connectivity index (χ4n) is 2.54. The van der Waals surface area contributed by atoms with Gasteiger partial charge in [-0.15, -0.1) is 0 Å². The highest BCUT2D eigenvalue weighted by atomic mass is 35.5. The summed E-state index contributed by atoms with van der Waals surface area (Å²) in [6.07, 6.45) is 0. The highest BCUT2D eigenvalue weighted by Crippen LogP contribution is 2.28.